The van der Waals surface area contributed by atoms with Crippen molar-refractivity contribution >= 4 is 0 Å². The van der Waals surface area contributed by atoms with Crippen LogP contribution in [0.5, 0.6) is 0 Å². The standard InChI is InChI=1S/C19H25N3O2/c1-2-5-16(6-3-1)13-23-18-7-9-22(12-17-11-20-15-21-17)14-19(18)8-4-10-24-19/h1-3,5-6,11,15,18H,4,7-10,12-14H2,(H,20,21)/t18-,19-/m0/s1. The van der Waals surface area contributed by atoms with Crippen molar-refractivity contribution in [2.24, 2.45) is 0 Å². The minimum absolute atomic E-state index is 0.146. The van der Waals surface area contributed by atoms with E-state index in [1.165, 1.54) is 5.56 Å². The molecule has 1 N–H and O–H groups in total. The number of rotatable bonds is 5. The molecule has 4 rings (SSSR count). The Kier molecular flexibility index (Phi) is 4.65. The molecule has 2 aliphatic rings. The summed E-state index contributed by atoms with van der Waals surface area (Å²) in [6.45, 7) is 4.38. The van der Waals surface area contributed by atoms with Crippen LogP contribution in [0.1, 0.15) is 30.5 Å². The van der Waals surface area contributed by atoms with Gasteiger partial charge in [-0.25, -0.2) is 4.98 Å². The SMILES string of the molecule is c1ccc(CO[C@H]2CCN(Cc3cnc[nH]3)C[C@@]23CCCO3)cc1. The molecule has 128 valence electrons. The molecule has 1 spiro atoms. The van der Waals surface area contributed by atoms with Gasteiger partial charge < -0.3 is 14.5 Å². The van der Waals surface area contributed by atoms with Gasteiger partial charge in [-0.2, -0.15) is 0 Å². The molecule has 0 unspecified atom stereocenters. The van der Waals surface area contributed by atoms with Crippen LogP contribution in [-0.2, 0) is 22.6 Å². The molecule has 24 heavy (non-hydrogen) atoms. The highest BCUT2D eigenvalue weighted by molar-refractivity contribution is 5.13. The maximum atomic E-state index is 6.32. The number of hydrogen-bond donors (Lipinski definition) is 1. The number of aromatic amines is 1. The maximum Gasteiger partial charge on any atom is 0.107 e. The lowest BCUT2D eigenvalue weighted by Gasteiger charge is -2.45. The number of aromatic nitrogens is 2. The van der Waals surface area contributed by atoms with Crippen LogP contribution in [0.4, 0.5) is 0 Å². The van der Waals surface area contributed by atoms with Crippen molar-refractivity contribution in [2.45, 2.75) is 44.1 Å². The molecule has 0 amide bonds. The number of H-pyrrole nitrogens is 1. The third-order valence-electron chi connectivity index (χ3n) is 5.16. The summed E-state index contributed by atoms with van der Waals surface area (Å²) in [6.07, 6.45) is 7.06. The van der Waals surface area contributed by atoms with Crippen LogP contribution in [0, 0.1) is 0 Å². The summed E-state index contributed by atoms with van der Waals surface area (Å²) in [5.41, 5.74) is 2.24. The molecule has 0 radical (unpaired) electrons. The third-order valence-corrected chi connectivity index (χ3v) is 5.16. The van der Waals surface area contributed by atoms with Gasteiger partial charge in [0.1, 0.15) is 5.60 Å². The van der Waals surface area contributed by atoms with Gasteiger partial charge in [-0.3, -0.25) is 4.90 Å². The van der Waals surface area contributed by atoms with E-state index in [4.69, 9.17) is 9.47 Å². The fraction of sp³-hybridized carbons (Fsp3) is 0.526. The van der Waals surface area contributed by atoms with E-state index in [1.807, 2.05) is 12.3 Å². The molecule has 2 fully saturated rings. The summed E-state index contributed by atoms with van der Waals surface area (Å²) in [4.78, 5) is 9.77. The Morgan fingerprint density at radius 2 is 2.25 bits per heavy atom. The Morgan fingerprint density at radius 1 is 1.33 bits per heavy atom. The molecule has 2 atom stereocenters. The third kappa shape index (κ3) is 3.38. The quantitative estimate of drug-likeness (QED) is 0.917. The first-order chi connectivity index (χ1) is 11.8. The molecule has 0 aliphatic carbocycles. The number of nitrogens with zero attached hydrogens (tertiary/aromatic N) is 2. The highest BCUT2D eigenvalue weighted by atomic mass is 16.6. The molecule has 0 bridgehead atoms. The average Bonchev–Trinajstić information content (AvgIpc) is 3.28. The van der Waals surface area contributed by atoms with E-state index in [0.717, 1.165) is 51.2 Å². The molecule has 1 aromatic carbocycles. The zero-order chi connectivity index (χ0) is 16.2. The molecule has 5 heteroatoms. The molecule has 3 heterocycles. The van der Waals surface area contributed by atoms with Crippen molar-refractivity contribution in [2.75, 3.05) is 19.7 Å². The zero-order valence-electron chi connectivity index (χ0n) is 14.0. The summed E-state index contributed by atoms with van der Waals surface area (Å²) in [5, 5.41) is 0. The summed E-state index contributed by atoms with van der Waals surface area (Å²) in [5.74, 6) is 0. The lowest BCUT2D eigenvalue weighted by atomic mass is 9.86. The predicted molar refractivity (Wildman–Crippen MR) is 91.4 cm³/mol. The van der Waals surface area contributed by atoms with E-state index in [2.05, 4.69) is 39.1 Å². The number of likely N-dealkylation sites (tertiary alicyclic amines) is 1. The van der Waals surface area contributed by atoms with Crippen LogP contribution in [0.25, 0.3) is 0 Å². The predicted octanol–water partition coefficient (Wildman–Crippen LogP) is 2.75. The smallest absolute Gasteiger partial charge is 0.107 e. The van der Waals surface area contributed by atoms with Gasteiger partial charge in [-0.05, 0) is 24.8 Å². The fourth-order valence-electron chi connectivity index (χ4n) is 3.97. The van der Waals surface area contributed by atoms with E-state index in [9.17, 15) is 0 Å². The number of nitrogens with one attached hydrogen (secondary N) is 1. The van der Waals surface area contributed by atoms with Crippen molar-refractivity contribution in [3.8, 4) is 0 Å². The normalized spacial score (nSPS) is 27.8. The highest BCUT2D eigenvalue weighted by Crippen LogP contribution is 2.37. The van der Waals surface area contributed by atoms with Gasteiger partial charge in [0.15, 0.2) is 0 Å². The van der Waals surface area contributed by atoms with Gasteiger partial charge in [0.25, 0.3) is 0 Å². The van der Waals surface area contributed by atoms with Crippen LogP contribution >= 0.6 is 0 Å². The Balaban J connectivity index is 1.41. The van der Waals surface area contributed by atoms with Gasteiger partial charge in [0.2, 0.25) is 0 Å². The topological polar surface area (TPSA) is 50.4 Å². The Morgan fingerprint density at radius 3 is 3.00 bits per heavy atom. The van der Waals surface area contributed by atoms with Crippen molar-refractivity contribution in [1.82, 2.24) is 14.9 Å². The Labute approximate surface area is 143 Å². The van der Waals surface area contributed by atoms with E-state index in [0.29, 0.717) is 6.61 Å². The Hall–Kier alpha value is -1.69. The van der Waals surface area contributed by atoms with Gasteiger partial charge in [-0.1, -0.05) is 30.3 Å². The van der Waals surface area contributed by atoms with Gasteiger partial charge in [0, 0.05) is 38.1 Å². The molecule has 2 aromatic rings. The first kappa shape index (κ1) is 15.8. The van der Waals surface area contributed by atoms with Crippen molar-refractivity contribution in [1.29, 1.82) is 0 Å². The van der Waals surface area contributed by atoms with E-state index < -0.39 is 0 Å². The summed E-state index contributed by atoms with van der Waals surface area (Å²) >= 11 is 0. The molecule has 2 saturated heterocycles. The lowest BCUT2D eigenvalue weighted by Crippen LogP contribution is -2.57. The number of piperidine rings is 1. The second-order valence-corrected chi connectivity index (χ2v) is 6.88. The molecular formula is C19H25N3O2. The lowest BCUT2D eigenvalue weighted by molar-refractivity contribution is -0.160. The Bertz CT molecular complexity index is 623. The van der Waals surface area contributed by atoms with E-state index in [-0.39, 0.29) is 11.7 Å². The largest absolute Gasteiger partial charge is 0.371 e. The van der Waals surface area contributed by atoms with E-state index in [1.54, 1.807) is 6.33 Å². The van der Waals surface area contributed by atoms with Crippen molar-refractivity contribution in [3.63, 3.8) is 0 Å². The van der Waals surface area contributed by atoms with Crippen LogP contribution < -0.4 is 0 Å². The summed E-state index contributed by atoms with van der Waals surface area (Å²) in [7, 11) is 0. The van der Waals surface area contributed by atoms with Gasteiger partial charge in [-0.15, -0.1) is 0 Å². The van der Waals surface area contributed by atoms with Crippen LogP contribution in [-0.4, -0.2) is 46.3 Å². The minimum Gasteiger partial charge on any atom is -0.371 e. The summed E-state index contributed by atoms with van der Waals surface area (Å²) in [6, 6.07) is 10.4. The van der Waals surface area contributed by atoms with Crippen LogP contribution in [0.15, 0.2) is 42.9 Å². The first-order valence-electron chi connectivity index (χ1n) is 8.83. The molecule has 0 saturated carbocycles. The van der Waals surface area contributed by atoms with Gasteiger partial charge in [0.05, 0.1) is 19.0 Å². The average molecular weight is 327 g/mol. The number of imidazole rings is 1. The summed E-state index contributed by atoms with van der Waals surface area (Å²) < 4.78 is 12.6. The highest BCUT2D eigenvalue weighted by Gasteiger charge is 2.47. The zero-order valence-corrected chi connectivity index (χ0v) is 14.0. The van der Waals surface area contributed by atoms with Gasteiger partial charge >= 0.3 is 0 Å². The van der Waals surface area contributed by atoms with Crippen molar-refractivity contribution < 1.29 is 9.47 Å². The van der Waals surface area contributed by atoms with Crippen LogP contribution in [0.3, 0.4) is 0 Å². The molecule has 1 aromatic heterocycles. The second kappa shape index (κ2) is 7.05. The number of ether oxygens (including phenoxy) is 2. The maximum absolute atomic E-state index is 6.32. The first-order valence-corrected chi connectivity index (χ1v) is 8.83. The monoisotopic (exact) mass is 327 g/mol. The number of hydrogen-bond acceptors (Lipinski definition) is 4. The number of benzene rings is 1. The molecular weight excluding hydrogens is 302 g/mol. The fourth-order valence-corrected chi connectivity index (χ4v) is 3.97. The molecule has 2 aliphatic heterocycles. The van der Waals surface area contributed by atoms with E-state index >= 15 is 0 Å². The second-order valence-electron chi connectivity index (χ2n) is 6.88. The van der Waals surface area contributed by atoms with Crippen LogP contribution in [0.2, 0.25) is 0 Å². The minimum atomic E-state index is -0.146. The van der Waals surface area contributed by atoms with Crippen molar-refractivity contribution in [3.05, 3.63) is 54.1 Å². The molecule has 5 nitrogen and oxygen atoms in total.